The van der Waals surface area contributed by atoms with E-state index >= 15 is 0 Å². The van der Waals surface area contributed by atoms with Gasteiger partial charge in [-0.15, -0.1) is 0 Å². The number of halogens is 2. The Labute approximate surface area is 167 Å². The van der Waals surface area contributed by atoms with E-state index < -0.39 is 5.82 Å². The van der Waals surface area contributed by atoms with Crippen molar-refractivity contribution in [3.8, 4) is 5.75 Å². The predicted octanol–water partition coefficient (Wildman–Crippen LogP) is 4.21. The van der Waals surface area contributed by atoms with Crippen molar-refractivity contribution in [1.82, 2.24) is 4.57 Å². The zero-order valence-corrected chi connectivity index (χ0v) is 16.4. The number of pyridine rings is 1. The Balaban J connectivity index is 2.03. The normalized spacial score (nSPS) is 10.8. The highest BCUT2D eigenvalue weighted by Gasteiger charge is 2.11. The summed E-state index contributed by atoms with van der Waals surface area (Å²) in [6, 6.07) is 11.9. The van der Waals surface area contributed by atoms with E-state index in [2.05, 4.69) is 5.32 Å². The highest BCUT2D eigenvalue weighted by atomic mass is 35.5. The van der Waals surface area contributed by atoms with E-state index in [0.717, 1.165) is 22.4 Å². The average Bonchev–Trinajstić information content (AvgIpc) is 2.68. The molecule has 3 aromatic rings. The molecule has 0 aliphatic heterocycles. The number of aryl methyl sites for hydroxylation is 1. The molecular formula is C21H21ClFN3O2. The SMILES string of the molecule is COc1cn(Cc2ccc(F)c(Cl)c2)c(Nc2cc(CN)ccc2C)cc1=O. The molecule has 1 heterocycles. The van der Waals surface area contributed by atoms with Gasteiger partial charge in [-0.2, -0.15) is 0 Å². The first-order chi connectivity index (χ1) is 13.4. The first-order valence-electron chi connectivity index (χ1n) is 8.70. The monoisotopic (exact) mass is 401 g/mol. The molecule has 0 saturated carbocycles. The Kier molecular flexibility index (Phi) is 6.02. The number of hydrogen-bond donors (Lipinski definition) is 2. The van der Waals surface area contributed by atoms with Crippen molar-refractivity contribution in [2.75, 3.05) is 12.4 Å². The molecule has 0 unspecified atom stereocenters. The van der Waals surface area contributed by atoms with Gasteiger partial charge in [0, 0.05) is 24.8 Å². The summed E-state index contributed by atoms with van der Waals surface area (Å²) >= 11 is 5.90. The van der Waals surface area contributed by atoms with Gasteiger partial charge in [0.15, 0.2) is 5.75 Å². The van der Waals surface area contributed by atoms with Crippen LogP contribution in [0.15, 0.2) is 53.5 Å². The maximum Gasteiger partial charge on any atom is 0.225 e. The number of nitrogens with zero attached hydrogens (tertiary/aromatic N) is 1. The molecule has 7 heteroatoms. The minimum atomic E-state index is -0.476. The van der Waals surface area contributed by atoms with Gasteiger partial charge in [0.25, 0.3) is 0 Å². The van der Waals surface area contributed by atoms with Crippen LogP contribution in [0.4, 0.5) is 15.9 Å². The molecule has 0 fully saturated rings. The molecule has 0 saturated heterocycles. The van der Waals surface area contributed by atoms with Gasteiger partial charge in [-0.3, -0.25) is 4.79 Å². The lowest BCUT2D eigenvalue weighted by atomic mass is 10.1. The molecule has 3 N–H and O–H groups in total. The topological polar surface area (TPSA) is 69.3 Å². The standard InChI is InChI=1S/C21H21ClFN3O2/c1-13-3-4-14(10-24)8-18(13)25-21-9-19(27)20(28-2)12-26(21)11-15-5-6-17(23)16(22)7-15/h3-9,12,25H,10-11,24H2,1-2H3. The van der Waals surface area contributed by atoms with Gasteiger partial charge < -0.3 is 20.4 Å². The second-order valence-corrected chi connectivity index (χ2v) is 6.85. The number of anilines is 2. The Hall–Kier alpha value is -2.83. The van der Waals surface area contributed by atoms with Gasteiger partial charge in [-0.05, 0) is 41.8 Å². The van der Waals surface area contributed by atoms with Crippen molar-refractivity contribution >= 4 is 23.1 Å². The third-order valence-electron chi connectivity index (χ3n) is 4.45. The number of aromatic nitrogens is 1. The molecule has 1 aromatic heterocycles. The van der Waals surface area contributed by atoms with Gasteiger partial charge in [0.2, 0.25) is 5.43 Å². The van der Waals surface area contributed by atoms with Gasteiger partial charge in [-0.25, -0.2) is 4.39 Å². The van der Waals surface area contributed by atoms with Crippen LogP contribution in [-0.4, -0.2) is 11.7 Å². The zero-order valence-electron chi connectivity index (χ0n) is 15.6. The molecule has 5 nitrogen and oxygen atoms in total. The fourth-order valence-corrected chi connectivity index (χ4v) is 3.05. The van der Waals surface area contributed by atoms with Crippen molar-refractivity contribution in [2.24, 2.45) is 5.73 Å². The number of nitrogens with one attached hydrogen (secondary N) is 1. The summed E-state index contributed by atoms with van der Waals surface area (Å²) in [5, 5.41) is 3.35. The summed E-state index contributed by atoms with van der Waals surface area (Å²) < 4.78 is 20.5. The quantitative estimate of drug-likeness (QED) is 0.649. The van der Waals surface area contributed by atoms with Crippen molar-refractivity contribution in [3.63, 3.8) is 0 Å². The summed E-state index contributed by atoms with van der Waals surface area (Å²) in [6.45, 7) is 2.75. The molecule has 0 aliphatic carbocycles. The van der Waals surface area contributed by atoms with Crippen LogP contribution in [0.3, 0.4) is 0 Å². The van der Waals surface area contributed by atoms with Gasteiger partial charge in [0.1, 0.15) is 11.6 Å². The van der Waals surface area contributed by atoms with Crippen LogP contribution >= 0.6 is 11.6 Å². The fourth-order valence-electron chi connectivity index (χ4n) is 2.85. The smallest absolute Gasteiger partial charge is 0.225 e. The molecule has 0 amide bonds. The van der Waals surface area contributed by atoms with E-state index in [4.69, 9.17) is 22.1 Å². The van der Waals surface area contributed by atoms with Gasteiger partial charge in [0.05, 0.1) is 18.3 Å². The Morgan fingerprint density at radius 2 is 1.93 bits per heavy atom. The van der Waals surface area contributed by atoms with E-state index in [9.17, 15) is 9.18 Å². The second kappa shape index (κ2) is 8.46. The molecule has 0 spiro atoms. The second-order valence-electron chi connectivity index (χ2n) is 6.45. The van der Waals surface area contributed by atoms with Gasteiger partial charge >= 0.3 is 0 Å². The Morgan fingerprint density at radius 3 is 2.61 bits per heavy atom. The highest BCUT2D eigenvalue weighted by molar-refractivity contribution is 6.30. The number of rotatable bonds is 6. The predicted molar refractivity (Wildman–Crippen MR) is 110 cm³/mol. The lowest BCUT2D eigenvalue weighted by Gasteiger charge is -2.18. The number of nitrogens with two attached hydrogens (primary N) is 1. The van der Waals surface area contributed by atoms with E-state index in [1.807, 2.05) is 29.7 Å². The molecule has 0 atom stereocenters. The fraction of sp³-hybridized carbons (Fsp3) is 0.190. The van der Waals surface area contributed by atoms with Crippen LogP contribution in [0.1, 0.15) is 16.7 Å². The van der Waals surface area contributed by atoms with Crippen LogP contribution in [0.5, 0.6) is 5.75 Å². The lowest BCUT2D eigenvalue weighted by molar-refractivity contribution is 0.406. The maximum absolute atomic E-state index is 13.5. The molecule has 146 valence electrons. The van der Waals surface area contributed by atoms with E-state index in [1.54, 1.807) is 18.3 Å². The summed E-state index contributed by atoms with van der Waals surface area (Å²) in [5.41, 5.74) is 9.11. The highest BCUT2D eigenvalue weighted by Crippen LogP contribution is 2.24. The average molecular weight is 402 g/mol. The first-order valence-corrected chi connectivity index (χ1v) is 9.08. The van der Waals surface area contributed by atoms with Crippen molar-refractivity contribution < 1.29 is 9.13 Å². The first kappa shape index (κ1) is 19.9. The van der Waals surface area contributed by atoms with Crippen LogP contribution in [0.25, 0.3) is 0 Å². The maximum atomic E-state index is 13.5. The van der Waals surface area contributed by atoms with Crippen molar-refractivity contribution in [3.05, 3.63) is 86.4 Å². The van der Waals surface area contributed by atoms with E-state index in [0.29, 0.717) is 18.9 Å². The Bertz CT molecular complexity index is 1070. The molecule has 3 rings (SSSR count). The zero-order chi connectivity index (χ0) is 20.3. The number of methoxy groups -OCH3 is 1. The number of ether oxygens (including phenoxy) is 1. The number of benzene rings is 2. The lowest BCUT2D eigenvalue weighted by Crippen LogP contribution is -2.15. The van der Waals surface area contributed by atoms with Crippen LogP contribution in [0, 0.1) is 12.7 Å². The van der Waals surface area contributed by atoms with Crippen LogP contribution < -0.4 is 21.2 Å². The third-order valence-corrected chi connectivity index (χ3v) is 4.74. The minimum absolute atomic E-state index is 0.0477. The molecule has 0 radical (unpaired) electrons. The largest absolute Gasteiger partial charge is 0.491 e. The van der Waals surface area contributed by atoms with E-state index in [-0.39, 0.29) is 16.2 Å². The third kappa shape index (κ3) is 4.35. The molecular weight excluding hydrogens is 381 g/mol. The summed E-state index contributed by atoms with van der Waals surface area (Å²) in [5.74, 6) is 0.310. The molecule has 28 heavy (non-hydrogen) atoms. The molecule has 0 aliphatic rings. The van der Waals surface area contributed by atoms with Crippen molar-refractivity contribution in [1.29, 1.82) is 0 Å². The van der Waals surface area contributed by atoms with Crippen molar-refractivity contribution in [2.45, 2.75) is 20.0 Å². The molecule has 0 bridgehead atoms. The summed E-state index contributed by atoms with van der Waals surface area (Å²) in [7, 11) is 1.44. The molecule has 2 aromatic carbocycles. The summed E-state index contributed by atoms with van der Waals surface area (Å²) in [6.07, 6.45) is 1.62. The van der Waals surface area contributed by atoms with Crippen LogP contribution in [-0.2, 0) is 13.1 Å². The van der Waals surface area contributed by atoms with Crippen LogP contribution in [0.2, 0.25) is 5.02 Å². The summed E-state index contributed by atoms with van der Waals surface area (Å²) in [4.78, 5) is 12.3. The number of hydrogen-bond acceptors (Lipinski definition) is 4. The Morgan fingerprint density at radius 1 is 1.18 bits per heavy atom. The van der Waals surface area contributed by atoms with E-state index in [1.165, 1.54) is 19.2 Å². The minimum Gasteiger partial charge on any atom is -0.491 e. The van der Waals surface area contributed by atoms with Gasteiger partial charge in [-0.1, -0.05) is 29.8 Å².